The summed E-state index contributed by atoms with van der Waals surface area (Å²) >= 11 is 4.28. The van der Waals surface area contributed by atoms with Crippen LogP contribution in [0.25, 0.3) is 0 Å². The number of hydrogen-bond acceptors (Lipinski definition) is 4. The smallest absolute Gasteiger partial charge is 0.323 e. The first kappa shape index (κ1) is 19.3. The fourth-order valence-electron chi connectivity index (χ4n) is 2.99. The summed E-state index contributed by atoms with van der Waals surface area (Å²) in [5, 5.41) is 11.8. The molecule has 0 aromatic heterocycles. The lowest BCUT2D eigenvalue weighted by Gasteiger charge is -2.25. The van der Waals surface area contributed by atoms with Gasteiger partial charge in [-0.1, -0.05) is 30.3 Å². The van der Waals surface area contributed by atoms with Crippen LogP contribution in [-0.4, -0.2) is 52.7 Å². The van der Waals surface area contributed by atoms with E-state index in [9.17, 15) is 14.4 Å². The zero-order chi connectivity index (χ0) is 18.2. The van der Waals surface area contributed by atoms with E-state index in [0.717, 1.165) is 18.4 Å². The summed E-state index contributed by atoms with van der Waals surface area (Å²) in [6.45, 7) is 0.0860. The predicted molar refractivity (Wildman–Crippen MR) is 97.5 cm³/mol. The second-order valence-electron chi connectivity index (χ2n) is 6.28. The molecule has 0 bridgehead atoms. The first-order chi connectivity index (χ1) is 12.0. The van der Waals surface area contributed by atoms with Gasteiger partial charge in [0.25, 0.3) is 0 Å². The third kappa shape index (κ3) is 5.77. The highest BCUT2D eigenvalue weighted by Crippen LogP contribution is 2.15. The number of benzene rings is 1. The van der Waals surface area contributed by atoms with Crippen molar-refractivity contribution in [3.05, 3.63) is 35.9 Å². The fraction of sp³-hybridized carbons (Fsp3) is 0.500. The van der Waals surface area contributed by atoms with E-state index in [-0.39, 0.29) is 24.3 Å². The van der Waals surface area contributed by atoms with Crippen LogP contribution >= 0.6 is 12.6 Å². The molecule has 1 aliphatic heterocycles. The van der Waals surface area contributed by atoms with Gasteiger partial charge in [0.1, 0.15) is 12.6 Å². The van der Waals surface area contributed by atoms with Crippen molar-refractivity contribution in [2.45, 2.75) is 31.7 Å². The second-order valence-corrected chi connectivity index (χ2v) is 6.64. The highest BCUT2D eigenvalue weighted by molar-refractivity contribution is 7.80. The molecule has 6 nitrogen and oxygen atoms in total. The molecule has 25 heavy (non-hydrogen) atoms. The van der Waals surface area contributed by atoms with Gasteiger partial charge in [-0.2, -0.15) is 12.6 Å². The van der Waals surface area contributed by atoms with Gasteiger partial charge in [-0.15, -0.1) is 0 Å². The molecule has 136 valence electrons. The minimum absolute atomic E-state index is 0.214. The minimum atomic E-state index is -1.04. The molecular formula is C18H24N2O4S. The summed E-state index contributed by atoms with van der Waals surface area (Å²) in [5.74, 6) is -1.53. The Labute approximate surface area is 153 Å². The lowest BCUT2D eigenvalue weighted by atomic mass is 9.99. The van der Waals surface area contributed by atoms with Crippen LogP contribution in [0, 0.1) is 5.92 Å². The van der Waals surface area contributed by atoms with Gasteiger partial charge in [0, 0.05) is 12.3 Å². The Morgan fingerprint density at radius 2 is 2.00 bits per heavy atom. The van der Waals surface area contributed by atoms with Crippen LogP contribution < -0.4 is 5.32 Å². The Bertz CT molecular complexity index is 608. The summed E-state index contributed by atoms with van der Waals surface area (Å²) < 4.78 is 0. The molecule has 0 aliphatic carbocycles. The maximum atomic E-state index is 12.6. The normalized spacial score (nSPS) is 19.2. The van der Waals surface area contributed by atoms with Crippen molar-refractivity contribution in [1.29, 1.82) is 0 Å². The van der Waals surface area contributed by atoms with E-state index < -0.39 is 12.0 Å². The van der Waals surface area contributed by atoms with E-state index in [0.29, 0.717) is 25.1 Å². The number of carboxylic acid groups (broad SMARTS) is 1. The van der Waals surface area contributed by atoms with Gasteiger partial charge in [0.05, 0.1) is 5.92 Å². The highest BCUT2D eigenvalue weighted by Gasteiger charge is 2.30. The van der Waals surface area contributed by atoms with Crippen molar-refractivity contribution in [3.8, 4) is 0 Å². The maximum absolute atomic E-state index is 12.6. The van der Waals surface area contributed by atoms with Gasteiger partial charge >= 0.3 is 5.97 Å². The summed E-state index contributed by atoms with van der Waals surface area (Å²) in [7, 11) is 0. The molecule has 0 radical (unpaired) electrons. The first-order valence-electron chi connectivity index (χ1n) is 8.47. The van der Waals surface area contributed by atoms with Crippen molar-refractivity contribution in [1.82, 2.24) is 10.2 Å². The standard InChI is InChI=1S/C18H24N2O4S/c21-16(22)11-20-9-5-4-8-15(18(20)24)19-17(23)14(12-25)10-13-6-2-1-3-7-13/h1-3,6-7,14-15,25H,4-5,8-12H2,(H,19,23)(H,21,22)/t14?,15-/m0/s1. The molecule has 2 atom stereocenters. The largest absolute Gasteiger partial charge is 0.480 e. The molecule has 1 saturated heterocycles. The van der Waals surface area contributed by atoms with E-state index in [2.05, 4.69) is 17.9 Å². The number of amides is 2. The number of hydrogen-bond donors (Lipinski definition) is 3. The van der Waals surface area contributed by atoms with Crippen molar-refractivity contribution < 1.29 is 19.5 Å². The number of rotatable bonds is 7. The summed E-state index contributed by atoms with van der Waals surface area (Å²) in [4.78, 5) is 37.3. The SMILES string of the molecule is O=C(O)CN1CCCC[C@H](NC(=O)C(CS)Cc2ccccc2)C1=O. The van der Waals surface area contributed by atoms with Gasteiger partial charge in [-0.05, 0) is 31.2 Å². The lowest BCUT2D eigenvalue weighted by molar-refractivity contribution is -0.145. The Morgan fingerprint density at radius 3 is 2.64 bits per heavy atom. The lowest BCUT2D eigenvalue weighted by Crippen LogP contribution is -2.50. The topological polar surface area (TPSA) is 86.7 Å². The average Bonchev–Trinajstić information content (AvgIpc) is 2.76. The van der Waals surface area contributed by atoms with Crippen LogP contribution in [0.1, 0.15) is 24.8 Å². The number of nitrogens with one attached hydrogen (secondary N) is 1. The van der Waals surface area contributed by atoms with Crippen LogP contribution in [0.2, 0.25) is 0 Å². The molecule has 2 amide bonds. The van der Waals surface area contributed by atoms with Crippen LogP contribution in [0.5, 0.6) is 0 Å². The van der Waals surface area contributed by atoms with E-state index in [1.165, 1.54) is 4.90 Å². The zero-order valence-corrected chi connectivity index (χ0v) is 15.0. The monoisotopic (exact) mass is 364 g/mol. The molecule has 1 aromatic carbocycles. The van der Waals surface area contributed by atoms with E-state index >= 15 is 0 Å². The van der Waals surface area contributed by atoms with Crippen LogP contribution in [0.3, 0.4) is 0 Å². The number of aliphatic carboxylic acids is 1. The Hall–Kier alpha value is -2.02. The van der Waals surface area contributed by atoms with Gasteiger partial charge in [0.15, 0.2) is 0 Å². The van der Waals surface area contributed by atoms with Crippen molar-refractivity contribution in [3.63, 3.8) is 0 Å². The van der Waals surface area contributed by atoms with Crippen LogP contribution in [-0.2, 0) is 20.8 Å². The Morgan fingerprint density at radius 1 is 1.28 bits per heavy atom. The van der Waals surface area contributed by atoms with Gasteiger partial charge in [-0.25, -0.2) is 0 Å². The van der Waals surface area contributed by atoms with E-state index in [4.69, 9.17) is 5.11 Å². The van der Waals surface area contributed by atoms with Gasteiger partial charge in [0.2, 0.25) is 11.8 Å². The molecule has 0 spiro atoms. The molecule has 1 heterocycles. The van der Waals surface area contributed by atoms with Crippen molar-refractivity contribution in [2.75, 3.05) is 18.8 Å². The molecule has 0 saturated carbocycles. The maximum Gasteiger partial charge on any atom is 0.323 e. The molecule has 2 N–H and O–H groups in total. The number of thiol groups is 1. The predicted octanol–water partition coefficient (Wildman–Crippen LogP) is 1.36. The summed E-state index contributed by atoms with van der Waals surface area (Å²) in [5.41, 5.74) is 1.04. The van der Waals surface area contributed by atoms with E-state index in [1.807, 2.05) is 30.3 Å². The molecule has 1 aliphatic rings. The van der Waals surface area contributed by atoms with E-state index in [1.54, 1.807) is 0 Å². The molecule has 1 fully saturated rings. The van der Waals surface area contributed by atoms with Crippen LogP contribution in [0.15, 0.2) is 30.3 Å². The summed E-state index contributed by atoms with van der Waals surface area (Å²) in [6, 6.07) is 9.00. The van der Waals surface area contributed by atoms with Crippen molar-refractivity contribution >= 4 is 30.4 Å². The third-order valence-electron chi connectivity index (χ3n) is 4.34. The number of carbonyl (C=O) groups excluding carboxylic acids is 2. The average molecular weight is 364 g/mol. The summed E-state index contributed by atoms with van der Waals surface area (Å²) in [6.07, 6.45) is 2.60. The highest BCUT2D eigenvalue weighted by atomic mass is 32.1. The van der Waals surface area contributed by atoms with Crippen molar-refractivity contribution in [2.24, 2.45) is 5.92 Å². The fourth-order valence-corrected chi connectivity index (χ4v) is 3.28. The quantitative estimate of drug-likeness (QED) is 0.638. The Kier molecular flexibility index (Phi) is 7.31. The number of likely N-dealkylation sites (tertiary alicyclic amines) is 1. The van der Waals surface area contributed by atoms with Gasteiger partial charge < -0.3 is 15.3 Å². The third-order valence-corrected chi connectivity index (χ3v) is 4.78. The Balaban J connectivity index is 2.00. The van der Waals surface area contributed by atoms with Crippen LogP contribution in [0.4, 0.5) is 0 Å². The number of nitrogens with zero attached hydrogens (tertiary/aromatic N) is 1. The number of carbonyl (C=O) groups is 3. The first-order valence-corrected chi connectivity index (χ1v) is 9.10. The second kappa shape index (κ2) is 9.46. The van der Waals surface area contributed by atoms with Gasteiger partial charge in [-0.3, -0.25) is 14.4 Å². The molecule has 1 unspecified atom stereocenters. The molecule has 2 rings (SSSR count). The molecule has 1 aromatic rings. The molecular weight excluding hydrogens is 340 g/mol. The zero-order valence-electron chi connectivity index (χ0n) is 14.1. The number of carboxylic acids is 1. The minimum Gasteiger partial charge on any atom is -0.480 e. The molecule has 7 heteroatoms.